The Hall–Kier alpha value is -3.82. The lowest BCUT2D eigenvalue weighted by Crippen LogP contribution is -2.34. The summed E-state index contributed by atoms with van der Waals surface area (Å²) >= 11 is 27.0. The molecule has 4 aromatic carbocycles. The van der Waals surface area contributed by atoms with Gasteiger partial charge in [-0.15, -0.1) is 22.7 Å². The highest BCUT2D eigenvalue weighted by atomic mass is 35.5. The van der Waals surface area contributed by atoms with Crippen molar-refractivity contribution in [2.75, 3.05) is 34.7 Å². The van der Waals surface area contributed by atoms with Crippen LogP contribution >= 0.6 is 69.3 Å². The monoisotopic (exact) mass is 1050 g/mol. The van der Waals surface area contributed by atoms with Crippen molar-refractivity contribution in [2.45, 2.75) is 52.5 Å². The third-order valence-electron chi connectivity index (χ3n) is 10.3. The summed E-state index contributed by atoms with van der Waals surface area (Å²) in [4.78, 5) is 0. The van der Waals surface area contributed by atoms with Crippen LogP contribution in [0.3, 0.4) is 0 Å². The van der Waals surface area contributed by atoms with Crippen molar-refractivity contribution in [3.8, 4) is 33.8 Å². The summed E-state index contributed by atoms with van der Waals surface area (Å²) in [5.74, 6) is 0.334. The molecule has 6 aromatic rings. The zero-order valence-corrected chi connectivity index (χ0v) is 40.4. The third kappa shape index (κ3) is 11.5. The van der Waals surface area contributed by atoms with Gasteiger partial charge in [-0.2, -0.15) is 25.4 Å². The highest BCUT2D eigenvalue weighted by Gasteiger charge is 2.34. The van der Waals surface area contributed by atoms with Gasteiger partial charge in [0.25, 0.3) is 20.0 Å². The van der Waals surface area contributed by atoms with E-state index >= 15 is 0 Å². The van der Waals surface area contributed by atoms with Crippen molar-refractivity contribution in [3.63, 3.8) is 0 Å². The number of alkyl halides is 3. The van der Waals surface area contributed by atoms with Crippen molar-refractivity contribution >= 4 is 101 Å². The molecule has 4 heterocycles. The normalized spacial score (nSPS) is 18.8. The van der Waals surface area contributed by atoms with Gasteiger partial charge in [0.2, 0.25) is 0 Å². The maximum Gasteiger partial charge on any atom is 0.416 e. The molecule has 0 radical (unpaired) electrons. The molecule has 8 rings (SSSR count). The molecule has 0 spiro atoms. The number of hydrogen-bond donors (Lipinski definition) is 3. The van der Waals surface area contributed by atoms with Gasteiger partial charge in [0.05, 0.1) is 32.0 Å². The molecule has 22 heteroatoms. The van der Waals surface area contributed by atoms with Crippen molar-refractivity contribution in [3.05, 3.63) is 128 Å². The number of nitrogens with one attached hydrogen (secondary N) is 3. The second kappa shape index (κ2) is 19.4. The summed E-state index contributed by atoms with van der Waals surface area (Å²) in [6.07, 6.45) is -2.96. The number of thiophene rings is 2. The molecule has 0 amide bonds. The molecule has 0 aliphatic carbocycles. The number of anilines is 2. The molecular weight excluding hydrogens is 1010 g/mol. The van der Waals surface area contributed by atoms with Gasteiger partial charge in [0, 0.05) is 60.8 Å². The van der Waals surface area contributed by atoms with Crippen LogP contribution in [0.25, 0.3) is 22.3 Å². The van der Waals surface area contributed by atoms with E-state index in [1.807, 2.05) is 13.8 Å². The minimum absolute atomic E-state index is 0.0613. The van der Waals surface area contributed by atoms with Crippen LogP contribution in [0.1, 0.15) is 32.3 Å². The molecule has 2 atom stereocenters. The Labute approximate surface area is 401 Å². The number of ether oxygens (including phenoxy) is 2. The molecule has 2 saturated heterocycles. The Kier molecular flexibility index (Phi) is 14.7. The molecule has 0 bridgehead atoms. The number of benzene rings is 4. The zero-order chi connectivity index (χ0) is 47.0. The van der Waals surface area contributed by atoms with Gasteiger partial charge in [-0.25, -0.2) is 12.8 Å². The molecule has 2 aromatic heterocycles. The van der Waals surface area contributed by atoms with E-state index in [9.17, 15) is 34.4 Å². The van der Waals surface area contributed by atoms with Crippen LogP contribution in [-0.2, 0) is 26.2 Å². The fraction of sp³-hybridized carbons (Fsp3) is 0.256. The van der Waals surface area contributed by atoms with Crippen molar-refractivity contribution in [1.82, 2.24) is 10.6 Å². The van der Waals surface area contributed by atoms with Gasteiger partial charge in [0.15, 0.2) is 4.21 Å². The van der Waals surface area contributed by atoms with E-state index in [2.05, 4.69) is 15.4 Å². The molecular formula is C43H38Cl4F4N4O6S4. The van der Waals surface area contributed by atoms with E-state index in [0.29, 0.717) is 49.6 Å². The molecule has 10 nitrogen and oxygen atoms in total. The van der Waals surface area contributed by atoms with E-state index in [1.165, 1.54) is 66.0 Å². The molecule has 0 saturated carbocycles. The lowest BCUT2D eigenvalue weighted by molar-refractivity contribution is -0.137. The quantitative estimate of drug-likeness (QED) is 0.0817. The Morgan fingerprint density at radius 2 is 1.35 bits per heavy atom. The molecule has 2 aliphatic heterocycles. The Morgan fingerprint density at radius 1 is 0.738 bits per heavy atom. The Bertz CT molecular complexity index is 2910. The number of sulfonamides is 2. The van der Waals surface area contributed by atoms with Gasteiger partial charge >= 0.3 is 6.18 Å². The van der Waals surface area contributed by atoms with E-state index in [4.69, 9.17) is 56.1 Å². The first-order chi connectivity index (χ1) is 30.6. The standard InChI is InChI=1S/C22H19Cl2F3N2O3S2.C21H19Cl2FN2O3S2/c1-21(7-8-28-12-21)32-18-10-15(5-6-17(18)23)29-34(30,31)20-19(24)16(11-33-20)13-3-2-4-14(9-13)22(25,26)27;1-21(8-9-25-13-21)29-19-11-17(6-7-18(19)22)26(23)31(27,28)20-10-15(12-30-20)14-2-4-16(24)5-3-14/h2-6,9-11,28-29H,7-8,12H2,1H3;2-7,10-12,25H,8-9,13H2,1H3/t2*21-/m11/s1. The van der Waals surface area contributed by atoms with Gasteiger partial charge in [0.1, 0.15) is 32.7 Å². The minimum atomic E-state index is -4.53. The van der Waals surface area contributed by atoms with E-state index in [-0.39, 0.29) is 41.8 Å². The fourth-order valence-corrected chi connectivity index (χ4v) is 12.9. The number of nitrogens with zero attached hydrogens (tertiary/aromatic N) is 1. The molecule has 346 valence electrons. The van der Waals surface area contributed by atoms with E-state index < -0.39 is 43.0 Å². The number of hydrogen-bond acceptors (Lipinski definition) is 10. The average Bonchev–Trinajstić information content (AvgIpc) is 4.09. The fourth-order valence-electron chi connectivity index (χ4n) is 6.85. The zero-order valence-electron chi connectivity index (χ0n) is 34.1. The van der Waals surface area contributed by atoms with Gasteiger partial charge in [-0.05, 0) is 104 Å². The first-order valence-corrected chi connectivity index (χ1v) is 25.6. The van der Waals surface area contributed by atoms with Crippen LogP contribution < -0.4 is 28.7 Å². The minimum Gasteiger partial charge on any atom is -0.485 e. The summed E-state index contributed by atoms with van der Waals surface area (Å²) in [5, 5.41) is 10.1. The molecule has 3 N–H and O–H groups in total. The molecule has 65 heavy (non-hydrogen) atoms. The maximum absolute atomic E-state index is 13.2. The predicted octanol–water partition coefficient (Wildman–Crippen LogP) is 12.4. The van der Waals surface area contributed by atoms with Crippen LogP contribution in [0.4, 0.5) is 28.9 Å². The van der Waals surface area contributed by atoms with Crippen molar-refractivity contribution in [1.29, 1.82) is 0 Å². The predicted molar refractivity (Wildman–Crippen MR) is 252 cm³/mol. The average molecular weight is 1050 g/mol. The van der Waals surface area contributed by atoms with Crippen molar-refractivity contribution < 1.29 is 43.9 Å². The lowest BCUT2D eigenvalue weighted by atomic mass is 10.1. The number of rotatable bonds is 12. The molecule has 2 aliphatic rings. The third-order valence-corrected chi connectivity index (χ3v) is 18.1. The maximum atomic E-state index is 13.2. The first-order valence-electron chi connectivity index (χ1n) is 19.5. The van der Waals surface area contributed by atoms with Crippen LogP contribution in [-0.4, -0.2) is 54.2 Å². The van der Waals surface area contributed by atoms with Gasteiger partial charge in [-0.1, -0.05) is 59.1 Å². The van der Waals surface area contributed by atoms with Crippen molar-refractivity contribution in [2.24, 2.45) is 0 Å². The van der Waals surface area contributed by atoms with E-state index in [0.717, 1.165) is 60.7 Å². The van der Waals surface area contributed by atoms with Crippen LogP contribution in [0, 0.1) is 5.82 Å². The molecule has 2 fully saturated rings. The highest BCUT2D eigenvalue weighted by molar-refractivity contribution is 7.96. The van der Waals surface area contributed by atoms with Crippen LogP contribution in [0.2, 0.25) is 15.1 Å². The summed E-state index contributed by atoms with van der Waals surface area (Å²) < 4.78 is 120. The van der Waals surface area contributed by atoms with Crippen LogP contribution in [0.15, 0.2) is 110 Å². The first kappa shape index (κ1) is 49.1. The second-order valence-electron chi connectivity index (χ2n) is 15.5. The summed E-state index contributed by atoms with van der Waals surface area (Å²) in [7, 11) is -8.17. The smallest absolute Gasteiger partial charge is 0.416 e. The van der Waals surface area contributed by atoms with Gasteiger partial charge in [-0.3, -0.25) is 4.72 Å². The SMILES string of the molecule is C[C@@]1(Oc2cc(N(Cl)S(=O)(=O)c3cc(-c4ccc(F)cc4)cs3)ccc2Cl)CCNC1.C[C@@]1(Oc2cc(NS(=O)(=O)c3scc(-c4cccc(C(F)(F)F)c4)c3Cl)ccc2Cl)CCNC1. The van der Waals surface area contributed by atoms with Gasteiger partial charge < -0.3 is 20.1 Å². The molecule has 0 unspecified atom stereocenters. The highest BCUT2D eigenvalue weighted by Crippen LogP contribution is 2.42. The van der Waals surface area contributed by atoms with Crippen LogP contribution in [0.5, 0.6) is 11.5 Å². The second-order valence-corrected chi connectivity index (χ2v) is 22.9. The summed E-state index contributed by atoms with van der Waals surface area (Å²) in [6.45, 7) is 6.82. The Balaban J connectivity index is 0.000000195. The summed E-state index contributed by atoms with van der Waals surface area (Å²) in [5.41, 5.74) is 0.393. The number of halogens is 8. The van der Waals surface area contributed by atoms with E-state index in [1.54, 1.807) is 23.6 Å². The topological polar surface area (TPSA) is 126 Å². The lowest BCUT2D eigenvalue weighted by Gasteiger charge is -2.26. The Morgan fingerprint density at radius 3 is 1.95 bits per heavy atom. The largest absolute Gasteiger partial charge is 0.485 e. The summed E-state index contributed by atoms with van der Waals surface area (Å²) in [6, 6.07) is 21.0.